The SMILES string of the molecule is CC(C)(C)N(C(=O)O)C(C=O)Cc1ccccc1. The minimum absolute atomic E-state index is 0.397. The Morgan fingerprint density at radius 2 is 1.89 bits per heavy atom. The van der Waals surface area contributed by atoms with Gasteiger partial charge >= 0.3 is 6.09 Å². The molecule has 0 aromatic heterocycles. The number of aldehydes is 1. The largest absolute Gasteiger partial charge is 0.465 e. The molecule has 0 radical (unpaired) electrons. The summed E-state index contributed by atoms with van der Waals surface area (Å²) in [4.78, 5) is 23.7. The summed E-state index contributed by atoms with van der Waals surface area (Å²) in [5.74, 6) is 0. The second kappa shape index (κ2) is 5.67. The Kier molecular flexibility index (Phi) is 4.48. The zero-order valence-corrected chi connectivity index (χ0v) is 11.0. The Morgan fingerprint density at radius 1 is 1.33 bits per heavy atom. The predicted molar refractivity (Wildman–Crippen MR) is 69.6 cm³/mol. The zero-order chi connectivity index (χ0) is 13.8. The molecule has 1 atom stereocenters. The molecule has 4 heteroatoms. The quantitative estimate of drug-likeness (QED) is 0.834. The van der Waals surface area contributed by atoms with Crippen LogP contribution in [0.15, 0.2) is 30.3 Å². The lowest BCUT2D eigenvalue weighted by Crippen LogP contribution is -2.52. The van der Waals surface area contributed by atoms with Crippen molar-refractivity contribution >= 4 is 12.4 Å². The van der Waals surface area contributed by atoms with Gasteiger partial charge < -0.3 is 9.90 Å². The van der Waals surface area contributed by atoms with Crippen molar-refractivity contribution < 1.29 is 14.7 Å². The molecule has 1 amide bonds. The summed E-state index contributed by atoms with van der Waals surface area (Å²) in [5, 5.41) is 9.26. The summed E-state index contributed by atoms with van der Waals surface area (Å²) in [6.07, 6.45) is 0.0239. The smallest absolute Gasteiger partial charge is 0.408 e. The number of benzene rings is 1. The van der Waals surface area contributed by atoms with E-state index in [0.29, 0.717) is 12.7 Å². The van der Waals surface area contributed by atoms with Crippen LogP contribution in [0.5, 0.6) is 0 Å². The topological polar surface area (TPSA) is 57.6 Å². The van der Waals surface area contributed by atoms with Crippen LogP contribution < -0.4 is 0 Å². The average Bonchev–Trinajstić information content (AvgIpc) is 2.27. The van der Waals surface area contributed by atoms with Gasteiger partial charge in [-0.3, -0.25) is 4.90 Å². The van der Waals surface area contributed by atoms with E-state index in [1.165, 1.54) is 4.90 Å². The number of hydrogen-bond donors (Lipinski definition) is 1. The van der Waals surface area contributed by atoms with Crippen LogP contribution in [0.1, 0.15) is 26.3 Å². The van der Waals surface area contributed by atoms with Gasteiger partial charge in [-0.15, -0.1) is 0 Å². The van der Waals surface area contributed by atoms with Gasteiger partial charge in [0.2, 0.25) is 0 Å². The minimum atomic E-state index is -1.07. The molecule has 1 N–H and O–H groups in total. The molecule has 98 valence electrons. The summed E-state index contributed by atoms with van der Waals surface area (Å²) in [5.41, 5.74) is 0.344. The zero-order valence-electron chi connectivity index (χ0n) is 11.0. The molecule has 0 aliphatic carbocycles. The first-order valence-electron chi connectivity index (χ1n) is 5.87. The van der Waals surface area contributed by atoms with E-state index < -0.39 is 17.7 Å². The second-order valence-electron chi connectivity index (χ2n) is 5.22. The third kappa shape index (κ3) is 3.58. The Labute approximate surface area is 107 Å². The van der Waals surface area contributed by atoms with E-state index in [1.54, 1.807) is 20.8 Å². The molecule has 1 rings (SSSR count). The van der Waals surface area contributed by atoms with Crippen molar-refractivity contribution in [3.05, 3.63) is 35.9 Å². The lowest BCUT2D eigenvalue weighted by atomic mass is 9.99. The fourth-order valence-corrected chi connectivity index (χ4v) is 1.98. The van der Waals surface area contributed by atoms with E-state index in [-0.39, 0.29) is 0 Å². The minimum Gasteiger partial charge on any atom is -0.465 e. The van der Waals surface area contributed by atoms with Crippen molar-refractivity contribution in [2.24, 2.45) is 0 Å². The van der Waals surface area contributed by atoms with Gasteiger partial charge in [0.1, 0.15) is 6.29 Å². The number of amides is 1. The monoisotopic (exact) mass is 249 g/mol. The van der Waals surface area contributed by atoms with Crippen LogP contribution in [0.3, 0.4) is 0 Å². The maximum atomic E-state index is 11.3. The van der Waals surface area contributed by atoms with Crippen LogP contribution in [-0.2, 0) is 11.2 Å². The highest BCUT2D eigenvalue weighted by atomic mass is 16.4. The summed E-state index contributed by atoms with van der Waals surface area (Å²) >= 11 is 0. The molecule has 1 aromatic carbocycles. The molecule has 0 saturated heterocycles. The third-order valence-corrected chi connectivity index (χ3v) is 2.71. The fourth-order valence-electron chi connectivity index (χ4n) is 1.98. The summed E-state index contributed by atoms with van der Waals surface area (Å²) in [6, 6.07) is 8.75. The molecule has 0 aliphatic rings. The normalized spacial score (nSPS) is 12.8. The molecule has 0 heterocycles. The van der Waals surface area contributed by atoms with E-state index in [9.17, 15) is 14.7 Å². The number of nitrogens with zero attached hydrogens (tertiary/aromatic N) is 1. The van der Waals surface area contributed by atoms with E-state index in [0.717, 1.165) is 5.56 Å². The van der Waals surface area contributed by atoms with E-state index in [4.69, 9.17) is 0 Å². The Balaban J connectivity index is 2.94. The number of rotatable bonds is 4. The van der Waals surface area contributed by atoms with Gasteiger partial charge in [-0.2, -0.15) is 0 Å². The third-order valence-electron chi connectivity index (χ3n) is 2.71. The predicted octanol–water partition coefficient (Wildman–Crippen LogP) is 2.58. The van der Waals surface area contributed by atoms with Gasteiger partial charge in [0.15, 0.2) is 0 Å². The number of carboxylic acid groups (broad SMARTS) is 1. The number of carbonyl (C=O) groups excluding carboxylic acids is 1. The molecule has 0 bridgehead atoms. The summed E-state index contributed by atoms with van der Waals surface area (Å²) in [7, 11) is 0. The van der Waals surface area contributed by atoms with Crippen molar-refractivity contribution in [1.29, 1.82) is 0 Å². The maximum Gasteiger partial charge on any atom is 0.408 e. The molecule has 0 spiro atoms. The highest BCUT2D eigenvalue weighted by Gasteiger charge is 2.32. The Bertz CT molecular complexity index is 409. The van der Waals surface area contributed by atoms with Crippen LogP contribution in [0.25, 0.3) is 0 Å². The van der Waals surface area contributed by atoms with Crippen LogP contribution in [0, 0.1) is 0 Å². The van der Waals surface area contributed by atoms with Crippen LogP contribution in [0.2, 0.25) is 0 Å². The number of hydrogen-bond acceptors (Lipinski definition) is 2. The van der Waals surface area contributed by atoms with Crippen LogP contribution >= 0.6 is 0 Å². The van der Waals surface area contributed by atoms with Gasteiger partial charge in [0, 0.05) is 5.54 Å². The lowest BCUT2D eigenvalue weighted by molar-refractivity contribution is -0.113. The van der Waals surface area contributed by atoms with Gasteiger partial charge in [0.05, 0.1) is 6.04 Å². The van der Waals surface area contributed by atoms with Crippen LogP contribution in [0.4, 0.5) is 4.79 Å². The van der Waals surface area contributed by atoms with Crippen molar-refractivity contribution in [1.82, 2.24) is 4.90 Å². The van der Waals surface area contributed by atoms with E-state index >= 15 is 0 Å². The summed E-state index contributed by atoms with van der Waals surface area (Å²) < 4.78 is 0. The van der Waals surface area contributed by atoms with Gasteiger partial charge in [-0.05, 0) is 32.8 Å². The number of carbonyl (C=O) groups is 2. The first-order chi connectivity index (χ1) is 8.36. The van der Waals surface area contributed by atoms with Crippen molar-refractivity contribution in [3.63, 3.8) is 0 Å². The summed E-state index contributed by atoms with van der Waals surface area (Å²) in [6.45, 7) is 5.34. The van der Waals surface area contributed by atoms with Crippen LogP contribution in [-0.4, -0.2) is 34.0 Å². The molecule has 4 nitrogen and oxygen atoms in total. The molecular formula is C14H19NO3. The highest BCUT2D eigenvalue weighted by molar-refractivity contribution is 5.73. The fraction of sp³-hybridized carbons (Fsp3) is 0.429. The van der Waals surface area contributed by atoms with E-state index in [2.05, 4.69) is 0 Å². The highest BCUT2D eigenvalue weighted by Crippen LogP contribution is 2.19. The Hall–Kier alpha value is -1.84. The molecule has 0 aliphatic heterocycles. The lowest BCUT2D eigenvalue weighted by Gasteiger charge is -2.37. The van der Waals surface area contributed by atoms with Gasteiger partial charge in [-0.25, -0.2) is 4.79 Å². The Morgan fingerprint density at radius 3 is 2.28 bits per heavy atom. The molecular weight excluding hydrogens is 230 g/mol. The van der Waals surface area contributed by atoms with E-state index in [1.807, 2.05) is 30.3 Å². The van der Waals surface area contributed by atoms with Gasteiger partial charge in [0.25, 0.3) is 0 Å². The molecule has 1 unspecified atom stereocenters. The average molecular weight is 249 g/mol. The first-order valence-corrected chi connectivity index (χ1v) is 5.87. The van der Waals surface area contributed by atoms with Gasteiger partial charge in [-0.1, -0.05) is 30.3 Å². The standard InChI is InChI=1S/C14H19NO3/c1-14(2,3)15(13(17)18)12(10-16)9-11-7-5-4-6-8-11/h4-8,10,12H,9H2,1-3H3,(H,17,18). The second-order valence-corrected chi connectivity index (χ2v) is 5.22. The van der Waals surface area contributed by atoms with Crippen molar-refractivity contribution in [2.75, 3.05) is 0 Å². The van der Waals surface area contributed by atoms with Crippen molar-refractivity contribution in [2.45, 2.75) is 38.8 Å². The molecule has 18 heavy (non-hydrogen) atoms. The molecule has 0 saturated carbocycles. The first kappa shape index (κ1) is 14.2. The van der Waals surface area contributed by atoms with Crippen molar-refractivity contribution in [3.8, 4) is 0 Å². The molecule has 1 aromatic rings. The molecule has 0 fully saturated rings. The maximum absolute atomic E-state index is 11.3.